The van der Waals surface area contributed by atoms with Crippen LogP contribution in [0.15, 0.2) is 34.2 Å². The summed E-state index contributed by atoms with van der Waals surface area (Å²) in [4.78, 5) is 35.3. The molecule has 0 unspecified atom stereocenters. The SMILES string of the molecule is CCN(C)C(=O)n1c(=O)n(Cc2ccc(Cl)cc2)c2nc(S(=O)(=O)CC)nc(N)c21. The van der Waals surface area contributed by atoms with Crippen LogP contribution in [0.3, 0.4) is 0 Å². The van der Waals surface area contributed by atoms with Crippen molar-refractivity contribution in [1.29, 1.82) is 0 Å². The number of nitrogens with zero attached hydrogens (tertiary/aromatic N) is 5. The van der Waals surface area contributed by atoms with Crippen LogP contribution in [0.2, 0.25) is 5.02 Å². The second-order valence-corrected chi connectivity index (χ2v) is 9.20. The minimum absolute atomic E-state index is 0.0324. The van der Waals surface area contributed by atoms with Crippen molar-refractivity contribution in [3.8, 4) is 0 Å². The van der Waals surface area contributed by atoms with Gasteiger partial charge in [-0.15, -0.1) is 0 Å². The Balaban J connectivity index is 2.34. The maximum atomic E-state index is 13.2. The number of imidazole rings is 1. The molecule has 0 bridgehead atoms. The molecule has 0 fully saturated rings. The van der Waals surface area contributed by atoms with E-state index in [2.05, 4.69) is 9.97 Å². The molecule has 2 N–H and O–H groups in total. The van der Waals surface area contributed by atoms with E-state index >= 15 is 0 Å². The van der Waals surface area contributed by atoms with Gasteiger partial charge < -0.3 is 10.6 Å². The molecule has 2 heterocycles. The van der Waals surface area contributed by atoms with Gasteiger partial charge in [0.05, 0.1) is 12.3 Å². The zero-order chi connectivity index (χ0) is 22.2. The Kier molecular flexibility index (Phi) is 5.86. The van der Waals surface area contributed by atoms with Crippen molar-refractivity contribution in [3.05, 3.63) is 45.3 Å². The van der Waals surface area contributed by atoms with Gasteiger partial charge >= 0.3 is 11.7 Å². The second-order valence-electron chi connectivity index (χ2n) is 6.59. The highest BCUT2D eigenvalue weighted by atomic mass is 35.5. The van der Waals surface area contributed by atoms with E-state index in [-0.39, 0.29) is 29.3 Å². The van der Waals surface area contributed by atoms with Gasteiger partial charge in [-0.3, -0.25) is 4.57 Å². The van der Waals surface area contributed by atoms with Crippen LogP contribution >= 0.6 is 11.6 Å². The number of carbonyl (C=O) groups is 1. The molecule has 0 aliphatic rings. The Hall–Kier alpha value is -2.92. The molecule has 0 radical (unpaired) electrons. The third-order valence-corrected chi connectivity index (χ3v) is 6.43. The van der Waals surface area contributed by atoms with E-state index in [0.717, 1.165) is 4.57 Å². The predicted octanol–water partition coefficient (Wildman–Crippen LogP) is 1.59. The summed E-state index contributed by atoms with van der Waals surface area (Å²) in [5.41, 5.74) is 5.95. The Bertz CT molecular complexity index is 1280. The molecule has 160 valence electrons. The number of fused-ring (bicyclic) bond motifs is 1. The van der Waals surface area contributed by atoms with Crippen LogP contribution in [0.1, 0.15) is 19.4 Å². The quantitative estimate of drug-likeness (QED) is 0.581. The van der Waals surface area contributed by atoms with Crippen molar-refractivity contribution in [1.82, 2.24) is 24.0 Å². The van der Waals surface area contributed by atoms with Crippen molar-refractivity contribution in [2.24, 2.45) is 0 Å². The normalized spacial score (nSPS) is 11.7. The number of benzene rings is 1. The molecule has 10 nitrogen and oxygen atoms in total. The van der Waals surface area contributed by atoms with Crippen LogP contribution in [0, 0.1) is 0 Å². The van der Waals surface area contributed by atoms with Gasteiger partial charge in [-0.1, -0.05) is 30.7 Å². The lowest BCUT2D eigenvalue weighted by atomic mass is 10.2. The number of rotatable bonds is 5. The van der Waals surface area contributed by atoms with Crippen LogP contribution in [0.25, 0.3) is 11.2 Å². The molecule has 0 aliphatic heterocycles. The van der Waals surface area contributed by atoms with E-state index < -0.39 is 26.7 Å². The lowest BCUT2D eigenvalue weighted by molar-refractivity contribution is 0.212. The van der Waals surface area contributed by atoms with E-state index in [4.69, 9.17) is 17.3 Å². The molecule has 1 amide bonds. The smallest absolute Gasteiger partial charge is 0.339 e. The highest BCUT2D eigenvalue weighted by molar-refractivity contribution is 7.91. The van der Waals surface area contributed by atoms with Crippen molar-refractivity contribution >= 4 is 44.5 Å². The molecule has 30 heavy (non-hydrogen) atoms. The minimum Gasteiger partial charge on any atom is -0.382 e. The van der Waals surface area contributed by atoms with Gasteiger partial charge in [0.25, 0.3) is 5.16 Å². The molecule has 1 aromatic carbocycles. The Morgan fingerprint density at radius 1 is 1.20 bits per heavy atom. The van der Waals surface area contributed by atoms with E-state index in [1.165, 1.54) is 23.4 Å². The number of hydrogen-bond acceptors (Lipinski definition) is 7. The number of nitrogens with two attached hydrogens (primary N) is 1. The summed E-state index contributed by atoms with van der Waals surface area (Å²) in [6, 6.07) is 6.13. The summed E-state index contributed by atoms with van der Waals surface area (Å²) >= 11 is 5.92. The third-order valence-electron chi connectivity index (χ3n) is 4.68. The number of halogens is 1. The highest BCUT2D eigenvalue weighted by Gasteiger charge is 2.27. The van der Waals surface area contributed by atoms with Gasteiger partial charge in [-0.05, 0) is 24.6 Å². The van der Waals surface area contributed by atoms with Crippen LogP contribution < -0.4 is 11.4 Å². The predicted molar refractivity (Wildman–Crippen MR) is 114 cm³/mol. The van der Waals surface area contributed by atoms with Crippen molar-refractivity contribution in [2.75, 3.05) is 25.1 Å². The minimum atomic E-state index is -3.79. The fraction of sp³-hybridized carbons (Fsp3) is 0.333. The summed E-state index contributed by atoms with van der Waals surface area (Å²) < 4.78 is 26.7. The van der Waals surface area contributed by atoms with Crippen LogP contribution in [0.5, 0.6) is 0 Å². The van der Waals surface area contributed by atoms with E-state index in [1.807, 2.05) is 0 Å². The topological polar surface area (TPSA) is 133 Å². The van der Waals surface area contributed by atoms with Gasteiger partial charge in [-0.2, -0.15) is 9.97 Å². The zero-order valence-electron chi connectivity index (χ0n) is 16.7. The number of hydrogen-bond donors (Lipinski definition) is 1. The summed E-state index contributed by atoms with van der Waals surface area (Å²) in [7, 11) is -2.26. The summed E-state index contributed by atoms with van der Waals surface area (Å²) in [6.45, 7) is 3.58. The number of amides is 1. The van der Waals surface area contributed by atoms with Crippen molar-refractivity contribution < 1.29 is 13.2 Å². The first-order valence-electron chi connectivity index (χ1n) is 9.12. The first-order valence-corrected chi connectivity index (χ1v) is 11.1. The molecule has 2 aromatic heterocycles. The lowest BCUT2D eigenvalue weighted by Crippen LogP contribution is -2.38. The molecule has 0 saturated carbocycles. The zero-order valence-corrected chi connectivity index (χ0v) is 18.2. The number of nitrogen functional groups attached to an aromatic ring is 1. The fourth-order valence-electron chi connectivity index (χ4n) is 2.82. The molecule has 3 aromatic rings. The van der Waals surface area contributed by atoms with Crippen LogP contribution in [-0.2, 0) is 16.4 Å². The summed E-state index contributed by atoms with van der Waals surface area (Å²) in [5, 5.41) is 0.0319. The Morgan fingerprint density at radius 2 is 1.83 bits per heavy atom. The monoisotopic (exact) mass is 452 g/mol. The lowest BCUT2D eigenvalue weighted by Gasteiger charge is -2.14. The number of anilines is 1. The third kappa shape index (κ3) is 3.77. The Labute approximate surface area is 177 Å². The van der Waals surface area contributed by atoms with Gasteiger partial charge in [-0.25, -0.2) is 22.6 Å². The summed E-state index contributed by atoms with van der Waals surface area (Å²) in [5.74, 6) is -0.505. The molecule has 0 atom stereocenters. The molecule has 12 heteroatoms. The fourth-order valence-corrected chi connectivity index (χ4v) is 3.66. The van der Waals surface area contributed by atoms with Gasteiger partial charge in [0.15, 0.2) is 11.5 Å². The first kappa shape index (κ1) is 21.8. The van der Waals surface area contributed by atoms with Gasteiger partial charge in [0.1, 0.15) is 5.52 Å². The molecule has 0 aliphatic carbocycles. The average molecular weight is 453 g/mol. The van der Waals surface area contributed by atoms with E-state index in [9.17, 15) is 18.0 Å². The molecular formula is C18H21ClN6O4S. The standard InChI is InChI=1S/C18H21ClN6O4S/c1-4-23(3)17(26)25-13-14(20)21-16(30(28,29)5-2)22-15(13)24(18(25)27)10-11-6-8-12(19)9-7-11/h6-9H,4-5,10H2,1-3H3,(H2,20,21,22). The average Bonchev–Trinajstić information content (AvgIpc) is 3.00. The highest BCUT2D eigenvalue weighted by Crippen LogP contribution is 2.21. The van der Waals surface area contributed by atoms with Crippen molar-refractivity contribution in [2.45, 2.75) is 25.5 Å². The number of sulfone groups is 1. The maximum absolute atomic E-state index is 13.2. The first-order chi connectivity index (χ1) is 14.1. The number of aromatic nitrogens is 4. The van der Waals surface area contributed by atoms with Crippen LogP contribution in [0.4, 0.5) is 10.6 Å². The summed E-state index contributed by atoms with van der Waals surface area (Å²) in [6.07, 6.45) is 0. The Morgan fingerprint density at radius 3 is 2.40 bits per heavy atom. The number of carbonyl (C=O) groups excluding carboxylic acids is 1. The van der Waals surface area contributed by atoms with Crippen molar-refractivity contribution in [3.63, 3.8) is 0 Å². The van der Waals surface area contributed by atoms with E-state index in [0.29, 0.717) is 17.1 Å². The maximum Gasteiger partial charge on any atom is 0.339 e. The van der Waals surface area contributed by atoms with Gasteiger partial charge in [0, 0.05) is 18.6 Å². The molecule has 0 saturated heterocycles. The van der Waals surface area contributed by atoms with Gasteiger partial charge in [0.2, 0.25) is 9.84 Å². The molecular weight excluding hydrogens is 432 g/mol. The van der Waals surface area contributed by atoms with Crippen LogP contribution in [-0.4, -0.2) is 57.8 Å². The van der Waals surface area contributed by atoms with E-state index in [1.54, 1.807) is 31.2 Å². The molecule has 0 spiro atoms. The second kappa shape index (κ2) is 8.07. The largest absolute Gasteiger partial charge is 0.382 e. The molecule has 3 rings (SSSR count).